The highest BCUT2D eigenvalue weighted by Gasteiger charge is 2.70. The minimum Gasteiger partial charge on any atom is -0.458 e. The summed E-state index contributed by atoms with van der Waals surface area (Å²) in [5, 5.41) is 11.4. The van der Waals surface area contributed by atoms with Gasteiger partial charge in [0, 0.05) is 18.3 Å². The fraction of sp³-hybridized carbons (Fsp3) is 0.826. The summed E-state index contributed by atoms with van der Waals surface area (Å²) in [6.07, 6.45) is 7.98. The van der Waals surface area contributed by atoms with Gasteiger partial charge in [-0.05, 0) is 73.7 Å². The Kier molecular flexibility index (Phi) is 3.62. The minimum absolute atomic E-state index is 0.0562. The Balaban J connectivity index is 1.57. The lowest BCUT2D eigenvalue weighted by Crippen LogP contribution is -2.60. The molecule has 0 aromatic heterocycles. The molecule has 1 spiro atoms. The summed E-state index contributed by atoms with van der Waals surface area (Å²) in [7, 11) is 0. The van der Waals surface area contributed by atoms with E-state index in [1.165, 1.54) is 5.57 Å². The van der Waals surface area contributed by atoms with Gasteiger partial charge in [-0.1, -0.05) is 26.3 Å². The molecule has 148 valence electrons. The second-order valence-electron chi connectivity index (χ2n) is 10.6. The molecule has 4 heteroatoms. The average Bonchev–Trinajstić information content (AvgIpc) is 3.06. The van der Waals surface area contributed by atoms with E-state index in [-0.39, 0.29) is 40.2 Å². The molecule has 3 saturated carbocycles. The fourth-order valence-electron chi connectivity index (χ4n) is 8.56. The number of fused-ring (bicyclic) bond motifs is 6. The zero-order valence-electron chi connectivity index (χ0n) is 16.8. The zero-order chi connectivity index (χ0) is 19.2. The number of rotatable bonds is 0. The van der Waals surface area contributed by atoms with Crippen molar-refractivity contribution in [2.45, 2.75) is 83.8 Å². The van der Waals surface area contributed by atoms with E-state index in [9.17, 15) is 14.7 Å². The number of aliphatic hydroxyl groups excluding tert-OH is 1. The molecule has 0 radical (unpaired) electrons. The Morgan fingerprint density at radius 3 is 2.56 bits per heavy atom. The molecule has 0 aromatic carbocycles. The van der Waals surface area contributed by atoms with Crippen LogP contribution in [0, 0.1) is 34.5 Å². The van der Waals surface area contributed by atoms with Gasteiger partial charge in [0.25, 0.3) is 0 Å². The maximum absolute atomic E-state index is 12.0. The third kappa shape index (κ3) is 2.14. The lowest BCUT2D eigenvalue weighted by Gasteiger charge is -2.61. The van der Waals surface area contributed by atoms with Crippen LogP contribution >= 0.6 is 0 Å². The number of hydrogen-bond acceptors (Lipinski definition) is 4. The summed E-state index contributed by atoms with van der Waals surface area (Å²) in [6, 6.07) is 0. The molecule has 1 saturated heterocycles. The van der Waals surface area contributed by atoms with Gasteiger partial charge in [-0.2, -0.15) is 0 Å². The molecule has 1 aliphatic heterocycles. The van der Waals surface area contributed by atoms with Crippen LogP contribution in [0.25, 0.3) is 0 Å². The van der Waals surface area contributed by atoms with E-state index < -0.39 is 0 Å². The van der Waals surface area contributed by atoms with Crippen molar-refractivity contribution in [2.24, 2.45) is 34.5 Å². The molecule has 0 bridgehead atoms. The van der Waals surface area contributed by atoms with Gasteiger partial charge in [-0.15, -0.1) is 0 Å². The van der Waals surface area contributed by atoms with Crippen LogP contribution in [0.4, 0.5) is 0 Å². The Labute approximate surface area is 161 Å². The van der Waals surface area contributed by atoms with Crippen molar-refractivity contribution in [1.82, 2.24) is 0 Å². The SMILES string of the molecule is C[C@H]1C[C@@]2(CCC(=O)O2)C2(C)C[C@H](O)C3C(CCC4=CC(=O)CCC43C)C12. The number of carbonyl (C=O) groups is 2. The van der Waals surface area contributed by atoms with Gasteiger partial charge >= 0.3 is 5.97 Å². The molecule has 5 rings (SSSR count). The quantitative estimate of drug-likeness (QED) is 0.657. The number of esters is 1. The van der Waals surface area contributed by atoms with E-state index in [1.807, 2.05) is 6.08 Å². The topological polar surface area (TPSA) is 63.6 Å². The average molecular weight is 373 g/mol. The van der Waals surface area contributed by atoms with E-state index in [0.29, 0.717) is 37.0 Å². The second-order valence-corrected chi connectivity index (χ2v) is 10.6. The molecule has 4 aliphatic carbocycles. The minimum atomic E-state index is -0.389. The zero-order valence-corrected chi connectivity index (χ0v) is 16.8. The van der Waals surface area contributed by atoms with Gasteiger partial charge in [0.2, 0.25) is 0 Å². The lowest BCUT2D eigenvalue weighted by atomic mass is 9.45. The highest BCUT2D eigenvalue weighted by Crippen LogP contribution is 2.71. The van der Waals surface area contributed by atoms with Crippen LogP contribution < -0.4 is 0 Å². The maximum Gasteiger partial charge on any atom is 0.306 e. The van der Waals surface area contributed by atoms with Gasteiger partial charge < -0.3 is 9.84 Å². The van der Waals surface area contributed by atoms with E-state index in [2.05, 4.69) is 20.8 Å². The highest BCUT2D eigenvalue weighted by atomic mass is 16.6. The van der Waals surface area contributed by atoms with Crippen molar-refractivity contribution in [3.8, 4) is 0 Å². The summed E-state index contributed by atoms with van der Waals surface area (Å²) >= 11 is 0. The number of allylic oxidation sites excluding steroid dienone is 1. The molecule has 1 N–H and O–H groups in total. The van der Waals surface area contributed by atoms with Crippen molar-refractivity contribution in [3.05, 3.63) is 11.6 Å². The molecule has 8 atom stereocenters. The Morgan fingerprint density at radius 2 is 1.85 bits per heavy atom. The predicted octanol–water partition coefficient (Wildman–Crippen LogP) is 3.81. The van der Waals surface area contributed by atoms with Crippen molar-refractivity contribution < 1.29 is 19.4 Å². The Hall–Kier alpha value is -1.16. The van der Waals surface area contributed by atoms with Crippen molar-refractivity contribution in [1.29, 1.82) is 0 Å². The molecule has 4 fully saturated rings. The van der Waals surface area contributed by atoms with Crippen molar-refractivity contribution in [2.75, 3.05) is 0 Å². The first-order valence-corrected chi connectivity index (χ1v) is 10.8. The Morgan fingerprint density at radius 1 is 1.07 bits per heavy atom. The summed E-state index contributed by atoms with van der Waals surface area (Å²) in [5.74, 6) is 1.84. The summed E-state index contributed by atoms with van der Waals surface area (Å²) in [5.41, 5.74) is 0.704. The number of carbonyl (C=O) groups excluding carboxylic acids is 2. The van der Waals surface area contributed by atoms with Crippen molar-refractivity contribution >= 4 is 11.8 Å². The first-order chi connectivity index (χ1) is 12.7. The van der Waals surface area contributed by atoms with Crippen LogP contribution in [0.1, 0.15) is 72.1 Å². The molecule has 1 heterocycles. The summed E-state index contributed by atoms with van der Waals surface area (Å²) in [6.45, 7) is 6.91. The molecule has 27 heavy (non-hydrogen) atoms. The van der Waals surface area contributed by atoms with Crippen molar-refractivity contribution in [3.63, 3.8) is 0 Å². The predicted molar refractivity (Wildman–Crippen MR) is 101 cm³/mol. The lowest BCUT2D eigenvalue weighted by molar-refractivity contribution is -0.186. The van der Waals surface area contributed by atoms with Gasteiger partial charge in [-0.25, -0.2) is 0 Å². The maximum atomic E-state index is 12.0. The largest absolute Gasteiger partial charge is 0.458 e. The molecule has 0 aromatic rings. The molecule has 0 amide bonds. The van der Waals surface area contributed by atoms with Gasteiger partial charge in [0.1, 0.15) is 5.60 Å². The standard InChI is InChI=1S/C23H32O4/c1-13-11-23(9-7-18(26)27-23)22(3)12-17(25)20-16(19(13)22)5-4-14-10-15(24)6-8-21(14,20)2/h10,13,16-17,19-20,25H,4-9,11-12H2,1-3H3/t13-,16?,17-,19?,20?,21?,22?,23-/m0/s1. The third-order valence-electron chi connectivity index (χ3n) is 9.50. The van der Waals surface area contributed by atoms with E-state index >= 15 is 0 Å². The normalized spacial score (nSPS) is 54.2. The molecule has 4 nitrogen and oxygen atoms in total. The molecule has 5 unspecified atom stereocenters. The summed E-state index contributed by atoms with van der Waals surface area (Å²) < 4.78 is 6.02. The van der Waals surface area contributed by atoms with Gasteiger partial charge in [-0.3, -0.25) is 9.59 Å². The smallest absolute Gasteiger partial charge is 0.306 e. The fourth-order valence-corrected chi connectivity index (χ4v) is 8.56. The molecule has 5 aliphatic rings. The highest BCUT2D eigenvalue weighted by molar-refractivity contribution is 5.91. The van der Waals surface area contributed by atoms with Crippen LogP contribution in [0.5, 0.6) is 0 Å². The van der Waals surface area contributed by atoms with Crippen LogP contribution in [0.2, 0.25) is 0 Å². The number of ketones is 1. The molecular weight excluding hydrogens is 340 g/mol. The van der Waals surface area contributed by atoms with E-state index in [4.69, 9.17) is 4.74 Å². The van der Waals surface area contributed by atoms with Crippen LogP contribution in [-0.4, -0.2) is 28.6 Å². The van der Waals surface area contributed by atoms with Crippen LogP contribution in [0.15, 0.2) is 11.6 Å². The number of aliphatic hydroxyl groups is 1. The van der Waals surface area contributed by atoms with Gasteiger partial charge in [0.05, 0.1) is 6.10 Å². The number of ether oxygens (including phenoxy) is 1. The van der Waals surface area contributed by atoms with Gasteiger partial charge in [0.15, 0.2) is 5.78 Å². The Bertz CT molecular complexity index is 741. The van der Waals surface area contributed by atoms with Crippen LogP contribution in [0.3, 0.4) is 0 Å². The van der Waals surface area contributed by atoms with Crippen LogP contribution in [-0.2, 0) is 14.3 Å². The monoisotopic (exact) mass is 372 g/mol. The molecular formula is C23H32O4. The third-order valence-corrected chi connectivity index (χ3v) is 9.50. The first kappa shape index (κ1) is 17.9. The van der Waals surface area contributed by atoms with E-state index in [1.54, 1.807) is 0 Å². The van der Waals surface area contributed by atoms with E-state index in [0.717, 1.165) is 32.1 Å². The summed E-state index contributed by atoms with van der Waals surface area (Å²) in [4.78, 5) is 24.0. The first-order valence-electron chi connectivity index (χ1n) is 10.8. The second kappa shape index (κ2) is 5.46. The number of hydrogen-bond donors (Lipinski definition) is 1.